The molecule has 6 unspecified atom stereocenters. The second kappa shape index (κ2) is 40.6. The van der Waals surface area contributed by atoms with E-state index in [1.165, 1.54) is 232 Å². The standard InChI is InChI=1S/C19H14.C18H14.C18H20.C16H16.C16H20.C15H14.C14H12.C11H12.C10H10/c1-2-8-14(9-3-1)19-17-12-6-4-10-15(17)16-11-5-7-13-18(16)19;1-12-14-7-4-5-9-16(14)17-11-10-13-6-2-3-8-15(13)18(12)17;1-4-18(2,3)17-15-11-7-5-9-13(15)14-10-6-8-12-16(14)17;1-10-4-6-13-12(3)14-7-5-11(2)9-16(14)15(13)8-10;1-12-11-16(13-7-3-2-4-8-13)15-10-6-5-9-14(12)15;1-10-9-13-8-7-12-5-3-4-6-14(12)15(13)11(10)2;1-10-6-7-13-8-11-4-2-3-5-12(11)9-14(10)13;1-8-7-9(2)11-6-4-3-5-10(8)11;1-8-6-7-9-4-2-3-5-10(8)9/h1-13,19H;2-12H,1H3;5-12,17H,4H2,1-3H3;4-9,12H,1-3H3;5-6,9-13H,2-4,7-8H2,1H3;3-9,11H,1-2H3;2-10H,1H3;3-8H,1-2H3;2-8H,1H3. The van der Waals surface area contributed by atoms with E-state index in [0.717, 1.165) is 5.92 Å². The second-order valence-electron chi connectivity index (χ2n) is 40.6. The molecule has 680 valence electrons. The summed E-state index contributed by atoms with van der Waals surface area (Å²) in [5.41, 5.74) is 46.6. The minimum atomic E-state index is 0.308. The maximum Gasteiger partial charge on any atom is 0.0352 e. The number of hydrogen-bond donors (Lipinski definition) is 0. The van der Waals surface area contributed by atoms with Crippen molar-refractivity contribution in [3.05, 3.63) is 517 Å². The molecule has 0 aromatic heterocycles. The van der Waals surface area contributed by atoms with Gasteiger partial charge in [-0.25, -0.2) is 0 Å². The summed E-state index contributed by atoms with van der Waals surface area (Å²) in [6.45, 7) is 31.8. The molecule has 0 heterocycles. The Morgan fingerprint density at radius 2 is 0.701 bits per heavy atom. The lowest BCUT2D eigenvalue weighted by atomic mass is 9.72. The summed E-state index contributed by atoms with van der Waals surface area (Å²) in [5.74, 6) is 5.84. The maximum atomic E-state index is 2.51. The number of rotatable bonds is 4. The predicted octanol–water partition coefficient (Wildman–Crippen LogP) is 38.6. The lowest BCUT2D eigenvalue weighted by Gasteiger charge is -2.32. The fraction of sp³-hybridized carbons (Fsp3) is 0.226. The van der Waals surface area contributed by atoms with E-state index in [2.05, 4.69) is 510 Å². The molecule has 0 spiro atoms. The van der Waals surface area contributed by atoms with Crippen LogP contribution in [0.2, 0.25) is 0 Å². The summed E-state index contributed by atoms with van der Waals surface area (Å²) in [6, 6.07) is 134. The zero-order valence-electron chi connectivity index (χ0n) is 82.8. The largest absolute Gasteiger partial charge is 0.0767 e. The highest BCUT2D eigenvalue weighted by atomic mass is 14.4. The number of allylic oxidation sites excluding steroid dienone is 7. The number of hydrogen-bond acceptors (Lipinski definition) is 0. The highest BCUT2D eigenvalue weighted by molar-refractivity contribution is 5.97. The predicted molar refractivity (Wildman–Crippen MR) is 592 cm³/mol. The van der Waals surface area contributed by atoms with Gasteiger partial charge in [-0.05, 0) is 270 Å². The molecule has 0 heteroatoms. The summed E-state index contributed by atoms with van der Waals surface area (Å²) >= 11 is 0. The molecule has 0 nitrogen and oxygen atoms in total. The molecule has 1 saturated carbocycles. The van der Waals surface area contributed by atoms with Gasteiger partial charge in [0, 0.05) is 41.4 Å². The number of benzene rings is 17. The highest BCUT2D eigenvalue weighted by Crippen LogP contribution is 2.56. The van der Waals surface area contributed by atoms with Crippen molar-refractivity contribution in [2.24, 2.45) is 11.3 Å². The van der Waals surface area contributed by atoms with Gasteiger partial charge in [-0.1, -0.05) is 512 Å². The molecule has 0 amide bonds. The van der Waals surface area contributed by atoms with Gasteiger partial charge in [0.1, 0.15) is 0 Å². The van der Waals surface area contributed by atoms with Crippen molar-refractivity contribution >= 4 is 61.7 Å². The molecule has 0 radical (unpaired) electrons. The molecule has 27 rings (SSSR count). The summed E-state index contributed by atoms with van der Waals surface area (Å²) in [5, 5.41) is 8.20. The molecule has 6 atom stereocenters. The van der Waals surface area contributed by atoms with Crippen LogP contribution >= 0.6 is 0 Å². The Morgan fingerprint density at radius 3 is 1.26 bits per heavy atom. The third-order valence-electron chi connectivity index (χ3n) is 31.4. The van der Waals surface area contributed by atoms with Crippen LogP contribution in [0.1, 0.15) is 292 Å². The van der Waals surface area contributed by atoms with Crippen molar-refractivity contribution in [3.63, 3.8) is 0 Å². The van der Waals surface area contributed by atoms with Crippen molar-refractivity contribution in [3.8, 4) is 44.5 Å². The Labute approximate surface area is 817 Å². The molecule has 0 saturated heterocycles. The van der Waals surface area contributed by atoms with E-state index >= 15 is 0 Å². The number of fused-ring (bicyclic) bond motifs is 22. The topological polar surface area (TPSA) is 0 Å². The summed E-state index contributed by atoms with van der Waals surface area (Å²) in [7, 11) is 0. The Kier molecular flexibility index (Phi) is 27.4. The molecule has 17 aromatic rings. The molecule has 0 aliphatic heterocycles. The summed E-state index contributed by atoms with van der Waals surface area (Å²) < 4.78 is 0. The Hall–Kier alpha value is -13.8. The molecule has 0 N–H and O–H groups in total. The van der Waals surface area contributed by atoms with Gasteiger partial charge in [-0.3, -0.25) is 0 Å². The minimum Gasteiger partial charge on any atom is -0.0767 e. The first-order valence-electron chi connectivity index (χ1n) is 50.8. The quantitative estimate of drug-likeness (QED) is 0.165. The molecule has 17 aromatic carbocycles. The smallest absolute Gasteiger partial charge is 0.0352 e. The summed E-state index contributed by atoms with van der Waals surface area (Å²) in [6.07, 6.45) is 24.4. The zero-order chi connectivity index (χ0) is 94.5. The van der Waals surface area contributed by atoms with Crippen LogP contribution in [-0.4, -0.2) is 0 Å². The van der Waals surface area contributed by atoms with Crippen LogP contribution in [0.25, 0.3) is 106 Å². The van der Waals surface area contributed by atoms with Gasteiger partial charge in [0.15, 0.2) is 0 Å². The fourth-order valence-corrected chi connectivity index (χ4v) is 23.7. The van der Waals surface area contributed by atoms with Gasteiger partial charge < -0.3 is 0 Å². The van der Waals surface area contributed by atoms with Crippen LogP contribution in [0.4, 0.5) is 0 Å². The molecular formula is C137H132. The molecule has 10 aliphatic rings. The average molecular weight is 1780 g/mol. The SMILES string of the molecule is CC1=CC(C)c2ccccc21.CC1=Cc2ccc3ccccc3c2C1C.CC1C=C(C2CCCCC2)c2ccccc21.CC1C=Cc2cc3ccccc3cc21.CC1C=Cc2ccccc21.CC1c2ccccc2-c2ccc3ccccc3c21.CCC(C)(C)C1c2ccccc2-c2ccccc21.Cc1ccc2c(c1)-c1cc(C)ccc1C2C.c1ccc(C2c3ccccc3-c3ccccc32)cc1. The van der Waals surface area contributed by atoms with Crippen molar-refractivity contribution < 1.29 is 0 Å². The first-order chi connectivity index (χ1) is 66.8. The van der Waals surface area contributed by atoms with Crippen molar-refractivity contribution in [1.29, 1.82) is 0 Å². The van der Waals surface area contributed by atoms with E-state index < -0.39 is 0 Å². The van der Waals surface area contributed by atoms with Gasteiger partial charge in [-0.2, -0.15) is 0 Å². The van der Waals surface area contributed by atoms with E-state index in [-0.39, 0.29) is 0 Å². The van der Waals surface area contributed by atoms with Crippen molar-refractivity contribution in [2.45, 2.75) is 189 Å². The van der Waals surface area contributed by atoms with Gasteiger partial charge in [-0.15, -0.1) is 0 Å². The van der Waals surface area contributed by atoms with Crippen LogP contribution < -0.4 is 0 Å². The van der Waals surface area contributed by atoms with Gasteiger partial charge in [0.2, 0.25) is 0 Å². The van der Waals surface area contributed by atoms with E-state index in [1.807, 2.05) is 0 Å². The maximum absolute atomic E-state index is 2.51. The Morgan fingerprint density at radius 1 is 0.277 bits per heavy atom. The van der Waals surface area contributed by atoms with Crippen LogP contribution in [-0.2, 0) is 0 Å². The highest BCUT2D eigenvalue weighted by Gasteiger charge is 2.39. The van der Waals surface area contributed by atoms with E-state index in [4.69, 9.17) is 0 Å². The average Bonchev–Trinajstić information content (AvgIpc) is 1.61. The first-order valence-corrected chi connectivity index (χ1v) is 50.8. The summed E-state index contributed by atoms with van der Waals surface area (Å²) in [4.78, 5) is 0. The first kappa shape index (κ1) is 92.3. The number of aryl methyl sites for hydroxylation is 2. The molecule has 1 fully saturated rings. The lowest BCUT2D eigenvalue weighted by Crippen LogP contribution is -2.20. The molecule has 0 bridgehead atoms. The van der Waals surface area contributed by atoms with E-state index in [9.17, 15) is 0 Å². The zero-order valence-corrected chi connectivity index (χ0v) is 82.8. The fourth-order valence-electron chi connectivity index (χ4n) is 23.7. The Bertz CT molecular complexity index is 7320. The molecule has 10 aliphatic carbocycles. The van der Waals surface area contributed by atoms with Gasteiger partial charge in [0.25, 0.3) is 0 Å². The van der Waals surface area contributed by atoms with E-state index in [0.29, 0.717) is 58.7 Å². The molecular weight excluding hydrogens is 1650 g/mol. The normalized spacial score (nSPS) is 17.7. The lowest BCUT2D eigenvalue weighted by molar-refractivity contribution is 0.309. The minimum absolute atomic E-state index is 0.308. The van der Waals surface area contributed by atoms with Crippen LogP contribution in [0.3, 0.4) is 0 Å². The van der Waals surface area contributed by atoms with Crippen molar-refractivity contribution in [1.82, 2.24) is 0 Å². The van der Waals surface area contributed by atoms with Gasteiger partial charge >= 0.3 is 0 Å². The van der Waals surface area contributed by atoms with E-state index in [1.54, 1.807) is 16.7 Å². The van der Waals surface area contributed by atoms with Gasteiger partial charge in [0.05, 0.1) is 0 Å². The van der Waals surface area contributed by atoms with Crippen LogP contribution in [0.5, 0.6) is 0 Å². The van der Waals surface area contributed by atoms with Crippen LogP contribution in [0, 0.1) is 25.2 Å². The third kappa shape index (κ3) is 18.8. The third-order valence-corrected chi connectivity index (χ3v) is 31.4. The monoisotopic (exact) mass is 1780 g/mol. The second-order valence-corrected chi connectivity index (χ2v) is 40.6. The molecule has 137 heavy (non-hydrogen) atoms. The van der Waals surface area contributed by atoms with Crippen molar-refractivity contribution in [2.75, 3.05) is 0 Å². The van der Waals surface area contributed by atoms with Crippen LogP contribution in [0.15, 0.2) is 400 Å². The Balaban J connectivity index is 0.0000000992.